The van der Waals surface area contributed by atoms with E-state index in [1.165, 1.54) is 19.3 Å². The molecular weight excluding hydrogens is 151 g/mol. The summed E-state index contributed by atoms with van der Waals surface area (Å²) in [6.07, 6.45) is 3.67. The van der Waals surface area contributed by atoms with Gasteiger partial charge >= 0.3 is 0 Å². The molecule has 0 aromatic carbocycles. The Balaban J connectivity index is 2.26. The number of alkyl halides is 1. The third kappa shape index (κ3) is 1.99. The van der Waals surface area contributed by atoms with Gasteiger partial charge in [0, 0.05) is 0 Å². The van der Waals surface area contributed by atoms with Gasteiger partial charge in [-0.15, -0.1) is 0 Å². The molecule has 0 nitrogen and oxygen atoms in total. The summed E-state index contributed by atoms with van der Waals surface area (Å²) in [5, 5.41) is 0. The summed E-state index contributed by atoms with van der Waals surface area (Å²) < 4.78 is 12.4. The Morgan fingerprint density at radius 1 is 1.17 bits per heavy atom. The smallest absolute Gasteiger partial charge is 0.0928 e. The maximum absolute atomic E-state index is 12.4. The van der Waals surface area contributed by atoms with Crippen molar-refractivity contribution >= 4 is 0 Å². The maximum Gasteiger partial charge on any atom is 0.0928 e. The van der Waals surface area contributed by atoms with Crippen LogP contribution in [-0.2, 0) is 0 Å². The Morgan fingerprint density at radius 2 is 1.83 bits per heavy atom. The second-order valence-electron chi connectivity index (χ2n) is 4.30. The minimum absolute atomic E-state index is 0.0837. The Kier molecular flexibility index (Phi) is 3.54. The largest absolute Gasteiger partial charge is 0.251 e. The minimum Gasteiger partial charge on any atom is -0.251 e. The summed E-state index contributed by atoms with van der Waals surface area (Å²) in [6, 6.07) is 0. The first-order valence-electron chi connectivity index (χ1n) is 5.30. The SMILES string of the molecule is CCC(C)CC1C(CC)C1CF. The summed E-state index contributed by atoms with van der Waals surface area (Å²) in [7, 11) is 0. The third-order valence-corrected chi connectivity index (χ3v) is 3.53. The van der Waals surface area contributed by atoms with Crippen LogP contribution < -0.4 is 0 Å². The second kappa shape index (κ2) is 4.25. The van der Waals surface area contributed by atoms with Gasteiger partial charge in [-0.1, -0.05) is 33.6 Å². The lowest BCUT2D eigenvalue weighted by Crippen LogP contribution is -1.95. The zero-order chi connectivity index (χ0) is 9.14. The molecular formula is C11H21F. The highest BCUT2D eigenvalue weighted by atomic mass is 19.1. The summed E-state index contributed by atoms with van der Waals surface area (Å²) >= 11 is 0. The van der Waals surface area contributed by atoms with Gasteiger partial charge in [-0.2, -0.15) is 0 Å². The van der Waals surface area contributed by atoms with Crippen LogP contribution in [0.25, 0.3) is 0 Å². The molecule has 4 unspecified atom stereocenters. The van der Waals surface area contributed by atoms with E-state index in [2.05, 4.69) is 20.8 Å². The van der Waals surface area contributed by atoms with Gasteiger partial charge < -0.3 is 0 Å². The van der Waals surface area contributed by atoms with Gasteiger partial charge in [-0.05, 0) is 30.1 Å². The summed E-state index contributed by atoms with van der Waals surface area (Å²) in [6.45, 7) is 6.60. The molecule has 0 amide bonds. The van der Waals surface area contributed by atoms with Crippen molar-refractivity contribution < 1.29 is 4.39 Å². The van der Waals surface area contributed by atoms with E-state index in [0.29, 0.717) is 11.8 Å². The third-order valence-electron chi connectivity index (χ3n) is 3.53. The van der Waals surface area contributed by atoms with Gasteiger partial charge in [0.15, 0.2) is 0 Å². The molecule has 1 rings (SSSR count). The highest BCUT2D eigenvalue weighted by Crippen LogP contribution is 2.52. The fourth-order valence-electron chi connectivity index (χ4n) is 2.34. The van der Waals surface area contributed by atoms with Crippen molar-refractivity contribution in [1.82, 2.24) is 0 Å². The standard InChI is InChI=1S/C11H21F/c1-4-8(3)6-10-9(5-2)11(10)7-12/h8-11H,4-7H2,1-3H3. The van der Waals surface area contributed by atoms with Crippen LogP contribution in [0.1, 0.15) is 40.0 Å². The normalized spacial score (nSPS) is 36.5. The molecule has 0 radical (unpaired) electrons. The average Bonchev–Trinajstić information content (AvgIpc) is 2.77. The average molecular weight is 172 g/mol. The zero-order valence-electron chi connectivity index (χ0n) is 8.52. The molecule has 0 aliphatic heterocycles. The molecule has 0 spiro atoms. The Morgan fingerprint density at radius 3 is 2.17 bits per heavy atom. The first-order chi connectivity index (χ1) is 5.74. The molecule has 1 saturated carbocycles. The lowest BCUT2D eigenvalue weighted by atomic mass is 10.00. The summed E-state index contributed by atoms with van der Waals surface area (Å²) in [4.78, 5) is 0. The second-order valence-corrected chi connectivity index (χ2v) is 4.30. The van der Waals surface area contributed by atoms with Gasteiger partial charge in [-0.25, -0.2) is 0 Å². The minimum atomic E-state index is -0.0837. The molecule has 0 bridgehead atoms. The Hall–Kier alpha value is -0.0700. The van der Waals surface area contributed by atoms with Crippen molar-refractivity contribution in [3.05, 3.63) is 0 Å². The molecule has 0 heterocycles. The van der Waals surface area contributed by atoms with Crippen LogP contribution in [0.5, 0.6) is 0 Å². The van der Waals surface area contributed by atoms with Crippen molar-refractivity contribution in [3.8, 4) is 0 Å². The van der Waals surface area contributed by atoms with Gasteiger partial charge in [0.25, 0.3) is 0 Å². The number of hydrogen-bond donors (Lipinski definition) is 0. The van der Waals surface area contributed by atoms with Crippen LogP contribution >= 0.6 is 0 Å². The number of halogens is 1. The van der Waals surface area contributed by atoms with E-state index in [9.17, 15) is 4.39 Å². The van der Waals surface area contributed by atoms with Crippen LogP contribution in [0.4, 0.5) is 4.39 Å². The van der Waals surface area contributed by atoms with Crippen molar-refractivity contribution in [3.63, 3.8) is 0 Å². The van der Waals surface area contributed by atoms with E-state index in [1.54, 1.807) is 0 Å². The maximum atomic E-state index is 12.4. The fraction of sp³-hybridized carbons (Fsp3) is 1.00. The molecule has 1 fully saturated rings. The fourth-order valence-corrected chi connectivity index (χ4v) is 2.34. The molecule has 1 aliphatic carbocycles. The van der Waals surface area contributed by atoms with Gasteiger partial charge in [-0.3, -0.25) is 4.39 Å². The van der Waals surface area contributed by atoms with E-state index in [-0.39, 0.29) is 6.67 Å². The molecule has 1 heteroatoms. The zero-order valence-corrected chi connectivity index (χ0v) is 8.52. The van der Waals surface area contributed by atoms with Gasteiger partial charge in [0.05, 0.1) is 6.67 Å². The van der Waals surface area contributed by atoms with Gasteiger partial charge in [0.2, 0.25) is 0 Å². The molecule has 0 aromatic heterocycles. The molecule has 72 valence electrons. The van der Waals surface area contributed by atoms with Gasteiger partial charge in [0.1, 0.15) is 0 Å². The van der Waals surface area contributed by atoms with E-state index in [4.69, 9.17) is 0 Å². The first kappa shape index (κ1) is 10.0. The van der Waals surface area contributed by atoms with Crippen LogP contribution in [0, 0.1) is 23.7 Å². The highest BCUT2D eigenvalue weighted by molar-refractivity contribution is 4.96. The molecule has 4 atom stereocenters. The summed E-state index contributed by atoms with van der Waals surface area (Å²) in [5.41, 5.74) is 0. The number of hydrogen-bond acceptors (Lipinski definition) is 0. The van der Waals surface area contributed by atoms with Crippen LogP contribution in [-0.4, -0.2) is 6.67 Å². The van der Waals surface area contributed by atoms with Crippen molar-refractivity contribution in [2.24, 2.45) is 23.7 Å². The predicted octanol–water partition coefficient (Wildman–Crippen LogP) is 3.66. The Bertz CT molecular complexity index is 123. The first-order valence-corrected chi connectivity index (χ1v) is 5.30. The quantitative estimate of drug-likeness (QED) is 0.593. The van der Waals surface area contributed by atoms with Crippen molar-refractivity contribution in [2.45, 2.75) is 40.0 Å². The number of rotatable bonds is 5. The molecule has 1 aliphatic rings. The highest BCUT2D eigenvalue weighted by Gasteiger charge is 2.48. The topological polar surface area (TPSA) is 0 Å². The molecule has 0 aromatic rings. The van der Waals surface area contributed by atoms with E-state index in [1.807, 2.05) is 0 Å². The van der Waals surface area contributed by atoms with E-state index in [0.717, 1.165) is 11.8 Å². The Labute approximate surface area is 75.5 Å². The summed E-state index contributed by atoms with van der Waals surface area (Å²) in [5.74, 6) is 2.64. The predicted molar refractivity (Wildman–Crippen MR) is 50.8 cm³/mol. The molecule has 0 saturated heterocycles. The van der Waals surface area contributed by atoms with Crippen LogP contribution in [0.3, 0.4) is 0 Å². The monoisotopic (exact) mass is 172 g/mol. The lowest BCUT2D eigenvalue weighted by molar-refractivity contribution is 0.405. The molecule has 0 N–H and O–H groups in total. The lowest BCUT2D eigenvalue weighted by Gasteiger charge is -2.06. The van der Waals surface area contributed by atoms with Crippen molar-refractivity contribution in [2.75, 3.05) is 6.67 Å². The van der Waals surface area contributed by atoms with Crippen LogP contribution in [0.2, 0.25) is 0 Å². The van der Waals surface area contributed by atoms with E-state index >= 15 is 0 Å². The van der Waals surface area contributed by atoms with Crippen molar-refractivity contribution in [1.29, 1.82) is 0 Å². The molecule has 12 heavy (non-hydrogen) atoms. The van der Waals surface area contributed by atoms with E-state index < -0.39 is 0 Å². The van der Waals surface area contributed by atoms with Crippen LogP contribution in [0.15, 0.2) is 0 Å².